The number of rotatable bonds is 9. The van der Waals surface area contributed by atoms with Crippen molar-refractivity contribution in [2.45, 2.75) is 123 Å². The van der Waals surface area contributed by atoms with Gasteiger partial charge < -0.3 is 98.6 Å². The van der Waals surface area contributed by atoms with Crippen LogP contribution in [0.4, 0.5) is 0 Å². The highest BCUT2D eigenvalue weighted by Gasteiger charge is 2.54. The minimum Gasteiger partial charge on any atom is -0.394 e. The van der Waals surface area contributed by atoms with Crippen LogP contribution in [0.1, 0.15) is 6.42 Å². The monoisotopic (exact) mass is 908 g/mol. The van der Waals surface area contributed by atoms with Crippen LogP contribution in [0, 0.1) is 0 Å². The SMILES string of the molecule is NC[C@H]1O[C@@H](O[C@@H]2[C@@H](CO)OC(O[C@@H]3[C@@H](O)[C@H](N)C[C@H](N)[C@H]3O[C@H]3O[C@H](CN)[C@@H](O)[C@H](O)[C@H]3N)[C@@H]2O)[C@@H](N)[C@H](O)[C@H]1O.O=S(=O)(O)O.O=S(=O)(O)O.O=S(=O)(O)O. The van der Waals surface area contributed by atoms with Crippen molar-refractivity contribution in [3.8, 4) is 0 Å². The van der Waals surface area contributed by atoms with Crippen LogP contribution in [0.25, 0.3) is 0 Å². The first-order valence-corrected chi connectivity index (χ1v) is 20.2. The van der Waals surface area contributed by atoms with Crippen molar-refractivity contribution in [3.63, 3.8) is 0 Å². The minimum atomic E-state index is -4.67. The average Bonchev–Trinajstić information content (AvgIpc) is 3.36. The lowest BCUT2D eigenvalue weighted by atomic mass is 9.84. The molecule has 34 heteroatoms. The number of aliphatic hydroxyl groups excluding tert-OH is 7. The fourth-order valence-electron chi connectivity index (χ4n) is 5.74. The quantitative estimate of drug-likeness (QED) is 0.0955. The molecule has 342 valence electrons. The smallest absolute Gasteiger partial charge is 0.394 e. The summed E-state index contributed by atoms with van der Waals surface area (Å²) in [6.07, 6.45) is -19.8. The van der Waals surface area contributed by atoms with Crippen molar-refractivity contribution in [1.82, 2.24) is 0 Å². The molecule has 0 amide bonds. The maximum atomic E-state index is 11.1. The van der Waals surface area contributed by atoms with Crippen LogP contribution >= 0.6 is 0 Å². The molecule has 0 aromatic heterocycles. The van der Waals surface area contributed by atoms with Crippen LogP contribution in [0.2, 0.25) is 0 Å². The molecule has 57 heavy (non-hydrogen) atoms. The Kier molecular flexibility index (Phi) is 21.4. The number of nitrogens with two attached hydrogens (primary N) is 6. The summed E-state index contributed by atoms with van der Waals surface area (Å²) in [5.41, 5.74) is 35.6. The van der Waals surface area contributed by atoms with Gasteiger partial charge in [0.2, 0.25) is 0 Å². The molecule has 3 heterocycles. The Labute approximate surface area is 324 Å². The summed E-state index contributed by atoms with van der Waals surface area (Å²) < 4.78 is 129. The number of ether oxygens (including phenoxy) is 6. The first-order chi connectivity index (χ1) is 25.8. The van der Waals surface area contributed by atoms with E-state index >= 15 is 0 Å². The third-order valence-electron chi connectivity index (χ3n) is 8.37. The number of hydrogen-bond acceptors (Lipinski definition) is 25. The van der Waals surface area contributed by atoms with Crippen LogP contribution in [-0.4, -0.2) is 224 Å². The van der Waals surface area contributed by atoms with E-state index in [-0.39, 0.29) is 19.5 Å². The van der Waals surface area contributed by atoms with Gasteiger partial charge in [0.05, 0.1) is 24.8 Å². The van der Waals surface area contributed by atoms with E-state index in [0.29, 0.717) is 0 Å². The summed E-state index contributed by atoms with van der Waals surface area (Å²) in [5, 5.41) is 73.0. The van der Waals surface area contributed by atoms with Crippen molar-refractivity contribution >= 4 is 31.2 Å². The number of hydrogen-bond donors (Lipinski definition) is 19. The third-order valence-corrected chi connectivity index (χ3v) is 8.37. The van der Waals surface area contributed by atoms with Crippen molar-refractivity contribution < 1.29 is 117 Å². The van der Waals surface area contributed by atoms with E-state index in [1.54, 1.807) is 0 Å². The molecule has 4 fully saturated rings. The maximum Gasteiger partial charge on any atom is 0.394 e. The van der Waals surface area contributed by atoms with Crippen LogP contribution < -0.4 is 34.4 Å². The normalized spacial score (nSPS) is 42.7. The largest absolute Gasteiger partial charge is 0.394 e. The maximum absolute atomic E-state index is 11.1. The molecular weight excluding hydrogens is 856 g/mol. The van der Waals surface area contributed by atoms with Gasteiger partial charge in [0.25, 0.3) is 0 Å². The molecule has 31 nitrogen and oxygen atoms in total. The lowest BCUT2D eigenvalue weighted by Crippen LogP contribution is -2.68. The molecule has 0 bridgehead atoms. The van der Waals surface area contributed by atoms with Gasteiger partial charge in [0.15, 0.2) is 18.9 Å². The van der Waals surface area contributed by atoms with Crippen molar-refractivity contribution in [1.29, 1.82) is 0 Å². The van der Waals surface area contributed by atoms with Gasteiger partial charge in [0, 0.05) is 25.2 Å². The molecule has 3 saturated heterocycles. The predicted octanol–water partition coefficient (Wildman–Crippen LogP) is -10.9. The topological polar surface area (TPSA) is 577 Å². The highest BCUT2D eigenvalue weighted by molar-refractivity contribution is 7.80. The standard InChI is InChI=1S/C23H46N6O13.3H2O4S/c24-2-7-13(32)15(34)10(28)21(37-7)40-18-6(27)1-5(26)12(31)20(18)42-23-17(36)19(9(4-30)39-23)41-22-11(29)16(35)14(33)8(3-25)38-22;3*1-5(2,3)4/h5-23,30-36H,1-4,24-29H2;3*(H2,1,2,3,4)/t5-,6+,7-,8-,9-,10-,11+,12+,13-,14+,15-,16+,17-,18-,19-,20-,21-,22+,23?;;;/m1.../s1. The van der Waals surface area contributed by atoms with E-state index < -0.39 is 154 Å². The minimum absolute atomic E-state index is 0.0889. The van der Waals surface area contributed by atoms with E-state index in [4.69, 9.17) is 115 Å². The van der Waals surface area contributed by atoms with Crippen LogP contribution in [-0.2, 0) is 59.6 Å². The Hall–Kier alpha value is -1.15. The van der Waals surface area contributed by atoms with Crippen molar-refractivity contribution in [2.75, 3.05) is 19.7 Å². The summed E-state index contributed by atoms with van der Waals surface area (Å²) in [6.45, 7) is -0.967. The molecule has 0 spiro atoms. The van der Waals surface area contributed by atoms with Gasteiger partial charge >= 0.3 is 31.2 Å². The zero-order chi connectivity index (χ0) is 44.5. The summed E-state index contributed by atoms with van der Waals surface area (Å²) in [5.74, 6) is 0. The molecule has 1 saturated carbocycles. The lowest BCUT2D eigenvalue weighted by molar-refractivity contribution is -0.306. The Balaban J connectivity index is 0.000000921. The third kappa shape index (κ3) is 17.8. The Morgan fingerprint density at radius 1 is 0.474 bits per heavy atom. The van der Waals surface area contributed by atoms with Crippen LogP contribution in [0.15, 0.2) is 0 Å². The molecule has 1 unspecified atom stereocenters. The van der Waals surface area contributed by atoms with Crippen LogP contribution in [0.5, 0.6) is 0 Å². The van der Waals surface area contributed by atoms with Gasteiger partial charge in [-0.25, -0.2) is 0 Å². The second kappa shape index (κ2) is 22.6. The Morgan fingerprint density at radius 3 is 1.16 bits per heavy atom. The first kappa shape index (κ1) is 53.9. The van der Waals surface area contributed by atoms with Gasteiger partial charge in [-0.3, -0.25) is 27.3 Å². The first-order valence-electron chi connectivity index (χ1n) is 16.0. The second-order valence-corrected chi connectivity index (χ2v) is 15.3. The number of aliphatic hydroxyl groups is 7. The van der Waals surface area contributed by atoms with Gasteiger partial charge in [-0.05, 0) is 6.42 Å². The zero-order valence-electron chi connectivity index (χ0n) is 29.2. The van der Waals surface area contributed by atoms with E-state index in [2.05, 4.69) is 0 Å². The molecule has 4 rings (SSSR count). The van der Waals surface area contributed by atoms with Crippen molar-refractivity contribution in [2.24, 2.45) is 34.4 Å². The molecule has 0 aromatic carbocycles. The van der Waals surface area contributed by atoms with Gasteiger partial charge in [-0.2, -0.15) is 25.3 Å². The van der Waals surface area contributed by atoms with Gasteiger partial charge in [-0.15, -0.1) is 0 Å². The predicted molar refractivity (Wildman–Crippen MR) is 181 cm³/mol. The Morgan fingerprint density at radius 2 is 0.807 bits per heavy atom. The average molecular weight is 909 g/mol. The summed E-state index contributed by atoms with van der Waals surface area (Å²) in [6, 6.07) is -4.18. The van der Waals surface area contributed by atoms with E-state index in [1.165, 1.54) is 0 Å². The molecule has 1 aliphatic carbocycles. The van der Waals surface area contributed by atoms with E-state index in [1.807, 2.05) is 0 Å². The summed E-state index contributed by atoms with van der Waals surface area (Å²) in [7, 11) is -14.0. The van der Waals surface area contributed by atoms with Crippen LogP contribution in [0.3, 0.4) is 0 Å². The fourth-order valence-corrected chi connectivity index (χ4v) is 5.74. The Bertz CT molecular complexity index is 1440. The second-order valence-electron chi connectivity index (χ2n) is 12.6. The van der Waals surface area contributed by atoms with Crippen molar-refractivity contribution in [3.05, 3.63) is 0 Å². The van der Waals surface area contributed by atoms with Gasteiger partial charge in [0.1, 0.15) is 67.1 Å². The molecule has 3 aliphatic heterocycles. The lowest BCUT2D eigenvalue weighted by Gasteiger charge is -2.47. The zero-order valence-corrected chi connectivity index (χ0v) is 31.6. The molecule has 19 atom stereocenters. The molecule has 0 radical (unpaired) electrons. The highest BCUT2D eigenvalue weighted by Crippen LogP contribution is 2.34. The molecule has 4 aliphatic rings. The molecule has 25 N–H and O–H groups in total. The molecule has 0 aromatic rings. The van der Waals surface area contributed by atoms with E-state index in [9.17, 15) is 35.7 Å². The summed E-state index contributed by atoms with van der Waals surface area (Å²) >= 11 is 0. The molecular formula is C23H52N6O25S3. The van der Waals surface area contributed by atoms with E-state index in [0.717, 1.165) is 0 Å². The summed E-state index contributed by atoms with van der Waals surface area (Å²) in [4.78, 5) is 0. The van der Waals surface area contributed by atoms with Gasteiger partial charge in [-0.1, -0.05) is 0 Å². The highest BCUT2D eigenvalue weighted by atomic mass is 32.3. The fraction of sp³-hybridized carbons (Fsp3) is 1.00.